The third kappa shape index (κ3) is 9.42. The molecular formula is C25H17ClF6O5S. The van der Waals surface area contributed by atoms with Crippen LogP contribution in [0.2, 0.25) is 5.02 Å². The minimum atomic E-state index is -4.93. The number of carboxylic acids is 1. The van der Waals surface area contributed by atoms with Crippen LogP contribution in [0.15, 0.2) is 77.7 Å². The van der Waals surface area contributed by atoms with Gasteiger partial charge in [-0.3, -0.25) is 0 Å². The molecule has 0 aromatic heterocycles. The molecule has 1 N–H and O–H groups in total. The summed E-state index contributed by atoms with van der Waals surface area (Å²) in [6, 6.07) is 14.7. The Bertz CT molecular complexity index is 1250. The molecule has 5 nitrogen and oxygen atoms in total. The van der Waals surface area contributed by atoms with E-state index >= 15 is 0 Å². The second-order valence-corrected chi connectivity index (χ2v) is 8.86. The maximum absolute atomic E-state index is 12.7. The van der Waals surface area contributed by atoms with Gasteiger partial charge in [-0.25, -0.2) is 4.79 Å². The predicted molar refractivity (Wildman–Crippen MR) is 129 cm³/mol. The average molecular weight is 579 g/mol. The lowest BCUT2D eigenvalue weighted by Crippen LogP contribution is -2.17. The van der Waals surface area contributed by atoms with Gasteiger partial charge in [0.1, 0.15) is 17.2 Å². The third-order valence-electron chi connectivity index (χ3n) is 4.55. The molecule has 3 aromatic rings. The molecule has 38 heavy (non-hydrogen) atoms. The summed E-state index contributed by atoms with van der Waals surface area (Å²) in [7, 11) is 0. The Morgan fingerprint density at radius 2 is 1.42 bits per heavy atom. The summed E-state index contributed by atoms with van der Waals surface area (Å²) in [4.78, 5) is 11.3. The van der Waals surface area contributed by atoms with E-state index in [9.17, 15) is 31.1 Å². The maximum Gasteiger partial charge on any atom is 0.573 e. The fourth-order valence-electron chi connectivity index (χ4n) is 3.17. The van der Waals surface area contributed by atoms with Crippen LogP contribution in [-0.2, 0) is 4.79 Å². The number of carbonyl (C=O) groups is 1. The molecule has 0 aliphatic heterocycles. The van der Waals surface area contributed by atoms with Crippen LogP contribution in [0.5, 0.6) is 17.2 Å². The van der Waals surface area contributed by atoms with Gasteiger partial charge in [-0.2, -0.15) is 0 Å². The second-order valence-electron chi connectivity index (χ2n) is 7.35. The molecule has 0 aliphatic rings. The van der Waals surface area contributed by atoms with Crippen molar-refractivity contribution in [3.05, 3.63) is 89.0 Å². The fourth-order valence-corrected chi connectivity index (χ4v) is 4.28. The number of halogens is 7. The number of hydrogen-bond acceptors (Lipinski definition) is 5. The largest absolute Gasteiger partial charge is 0.573 e. The van der Waals surface area contributed by atoms with Crippen molar-refractivity contribution in [3.8, 4) is 17.2 Å². The van der Waals surface area contributed by atoms with Crippen molar-refractivity contribution in [3.63, 3.8) is 0 Å². The Morgan fingerprint density at radius 1 is 0.868 bits per heavy atom. The van der Waals surface area contributed by atoms with Crippen molar-refractivity contribution in [2.75, 3.05) is 12.4 Å². The molecule has 0 amide bonds. The van der Waals surface area contributed by atoms with Crippen LogP contribution in [-0.4, -0.2) is 36.2 Å². The summed E-state index contributed by atoms with van der Waals surface area (Å²) in [5.41, 5.74) is 0.837. The van der Waals surface area contributed by atoms with Gasteiger partial charge in [0.05, 0.1) is 5.02 Å². The number of benzene rings is 3. The molecule has 0 fully saturated rings. The number of carboxylic acid groups (broad SMARTS) is 1. The summed E-state index contributed by atoms with van der Waals surface area (Å²) in [5, 5.41) is 8.88. The van der Waals surface area contributed by atoms with E-state index in [2.05, 4.69) is 9.47 Å². The Kier molecular flexibility index (Phi) is 9.45. The minimum Gasteiger partial charge on any atom is -0.480 e. The quantitative estimate of drug-likeness (QED) is 0.195. The molecule has 0 radical (unpaired) electrons. The third-order valence-corrected chi connectivity index (χ3v) is 5.77. The first kappa shape index (κ1) is 29.1. The molecule has 0 spiro atoms. The molecule has 0 saturated heterocycles. The Morgan fingerprint density at radius 3 is 1.89 bits per heavy atom. The molecule has 0 saturated carbocycles. The van der Waals surface area contributed by atoms with Crippen molar-refractivity contribution < 1.29 is 50.5 Å². The van der Waals surface area contributed by atoms with Crippen LogP contribution in [0.3, 0.4) is 0 Å². The summed E-state index contributed by atoms with van der Waals surface area (Å²) in [6.45, 7) is -0.577. The van der Waals surface area contributed by atoms with Crippen LogP contribution in [0.4, 0.5) is 26.3 Å². The highest BCUT2D eigenvalue weighted by atomic mass is 35.5. The van der Waals surface area contributed by atoms with E-state index in [0.717, 1.165) is 24.3 Å². The molecular weight excluding hydrogens is 562 g/mol. The summed E-state index contributed by atoms with van der Waals surface area (Å²) >= 11 is 7.39. The second kappa shape index (κ2) is 12.4. The minimum absolute atomic E-state index is 0.162. The molecule has 0 unspecified atom stereocenters. The number of alkyl halides is 6. The molecule has 0 atom stereocenters. The zero-order valence-electron chi connectivity index (χ0n) is 19.0. The lowest BCUT2D eigenvalue weighted by Gasteiger charge is -2.14. The highest BCUT2D eigenvalue weighted by molar-refractivity contribution is 7.99. The van der Waals surface area contributed by atoms with Gasteiger partial charge in [-0.05, 0) is 59.2 Å². The van der Waals surface area contributed by atoms with Gasteiger partial charge in [-0.1, -0.05) is 41.9 Å². The first-order valence-corrected chi connectivity index (χ1v) is 11.8. The first-order valence-electron chi connectivity index (χ1n) is 10.5. The van der Waals surface area contributed by atoms with E-state index in [4.69, 9.17) is 21.4 Å². The number of hydrogen-bond donors (Lipinski definition) is 1. The summed E-state index contributed by atoms with van der Waals surface area (Å²) in [6.07, 6.45) is -8.25. The molecule has 3 rings (SSSR count). The number of rotatable bonds is 10. The topological polar surface area (TPSA) is 65.0 Å². The van der Waals surface area contributed by atoms with E-state index < -0.39 is 36.8 Å². The van der Waals surface area contributed by atoms with Gasteiger partial charge >= 0.3 is 18.7 Å². The van der Waals surface area contributed by atoms with Crippen LogP contribution >= 0.6 is 23.4 Å². The molecule has 202 valence electrons. The smallest absolute Gasteiger partial charge is 0.480 e. The van der Waals surface area contributed by atoms with Gasteiger partial charge in [0.25, 0.3) is 0 Å². The van der Waals surface area contributed by atoms with Crippen LogP contribution < -0.4 is 14.2 Å². The number of ether oxygens (including phenoxy) is 3. The van der Waals surface area contributed by atoms with Crippen LogP contribution in [0.25, 0.3) is 5.57 Å². The summed E-state index contributed by atoms with van der Waals surface area (Å²) in [5.74, 6) is -1.78. The predicted octanol–water partition coefficient (Wildman–Crippen LogP) is 7.82. The average Bonchev–Trinajstić information content (AvgIpc) is 2.79. The zero-order chi connectivity index (χ0) is 27.9. The van der Waals surface area contributed by atoms with Crippen molar-refractivity contribution in [2.45, 2.75) is 17.6 Å². The Labute approximate surface area is 221 Å². The van der Waals surface area contributed by atoms with Crippen molar-refractivity contribution in [1.29, 1.82) is 0 Å². The van der Waals surface area contributed by atoms with Gasteiger partial charge in [0, 0.05) is 10.6 Å². The molecule has 0 bridgehead atoms. The van der Waals surface area contributed by atoms with E-state index in [1.165, 1.54) is 48.2 Å². The van der Waals surface area contributed by atoms with Crippen LogP contribution in [0, 0.1) is 0 Å². The molecule has 0 heterocycles. The monoisotopic (exact) mass is 578 g/mol. The maximum atomic E-state index is 12.7. The highest BCUT2D eigenvalue weighted by Crippen LogP contribution is 2.34. The molecule has 3 aromatic carbocycles. The SMILES string of the molecule is O=C(O)COc1ccc(SCC=C(c2cccc(OC(F)(F)F)c2)c2cccc(OC(F)(F)F)c2)cc1Cl. The van der Waals surface area contributed by atoms with Gasteiger partial charge in [0.15, 0.2) is 6.61 Å². The first-order chi connectivity index (χ1) is 17.8. The normalized spacial score (nSPS) is 11.6. The number of aliphatic carboxylic acids is 1. The fraction of sp³-hybridized carbons (Fsp3) is 0.160. The lowest BCUT2D eigenvalue weighted by atomic mass is 9.97. The Balaban J connectivity index is 1.90. The van der Waals surface area contributed by atoms with Gasteiger partial charge < -0.3 is 19.3 Å². The molecule has 0 aliphatic carbocycles. The standard InChI is InChI=1S/C25H17ClF6O5S/c26-21-13-19(7-8-22(21)35-14-23(33)34)38-10-9-20(15-3-1-5-17(11-15)36-24(27,28)29)16-4-2-6-18(12-16)37-25(30,31)32/h1-9,11-13H,10,14H2,(H,33,34). The van der Waals surface area contributed by atoms with Crippen molar-refractivity contribution in [1.82, 2.24) is 0 Å². The van der Waals surface area contributed by atoms with E-state index in [1.807, 2.05) is 0 Å². The van der Waals surface area contributed by atoms with Crippen LogP contribution in [0.1, 0.15) is 11.1 Å². The molecule has 13 heteroatoms. The number of thioether (sulfide) groups is 1. The van der Waals surface area contributed by atoms with Gasteiger partial charge in [-0.15, -0.1) is 38.1 Å². The van der Waals surface area contributed by atoms with Gasteiger partial charge in [0.2, 0.25) is 0 Å². The summed E-state index contributed by atoms with van der Waals surface area (Å²) < 4.78 is 89.4. The zero-order valence-corrected chi connectivity index (χ0v) is 20.5. The van der Waals surface area contributed by atoms with E-state index in [1.54, 1.807) is 12.1 Å². The van der Waals surface area contributed by atoms with E-state index in [-0.39, 0.29) is 27.7 Å². The van der Waals surface area contributed by atoms with Crippen molar-refractivity contribution in [2.24, 2.45) is 0 Å². The lowest BCUT2D eigenvalue weighted by molar-refractivity contribution is -0.275. The van der Waals surface area contributed by atoms with E-state index in [0.29, 0.717) is 10.5 Å². The highest BCUT2D eigenvalue weighted by Gasteiger charge is 2.32. The van der Waals surface area contributed by atoms with Crippen molar-refractivity contribution >= 4 is 34.9 Å². The Hall–Kier alpha value is -3.51.